The summed E-state index contributed by atoms with van der Waals surface area (Å²) in [5.41, 5.74) is 0.526. The number of amides is 1. The number of furan rings is 1. The average Bonchev–Trinajstić information content (AvgIpc) is 3.01. The lowest BCUT2D eigenvalue weighted by molar-refractivity contribution is 0.0773. The van der Waals surface area contributed by atoms with Gasteiger partial charge in [-0.25, -0.2) is 0 Å². The molecule has 0 spiro atoms. The zero-order chi connectivity index (χ0) is 15.9. The lowest BCUT2D eigenvalue weighted by atomic mass is 10.2. The number of aryl methyl sites for hydroxylation is 1. The van der Waals surface area contributed by atoms with Gasteiger partial charge in [0.15, 0.2) is 0 Å². The third-order valence-corrected chi connectivity index (χ3v) is 4.18. The van der Waals surface area contributed by atoms with Gasteiger partial charge in [0.25, 0.3) is 11.5 Å². The van der Waals surface area contributed by atoms with E-state index in [-0.39, 0.29) is 17.0 Å². The Balaban J connectivity index is 1.70. The second-order valence-corrected chi connectivity index (χ2v) is 6.17. The fraction of sp³-hybridized carbons (Fsp3) is 0.412. The molecule has 2 aromatic heterocycles. The molecule has 1 N–H and O–H groups in total. The lowest BCUT2D eigenvalue weighted by Gasteiger charge is -2.15. The minimum absolute atomic E-state index is 0.149. The summed E-state index contributed by atoms with van der Waals surface area (Å²) >= 11 is 0. The van der Waals surface area contributed by atoms with Crippen LogP contribution in [0.2, 0.25) is 0 Å². The Bertz CT molecular complexity index is 759. The van der Waals surface area contributed by atoms with E-state index in [1.165, 1.54) is 11.3 Å². The highest BCUT2D eigenvalue weighted by Gasteiger charge is 2.36. The van der Waals surface area contributed by atoms with Gasteiger partial charge in [-0.15, -0.1) is 0 Å². The van der Waals surface area contributed by atoms with Gasteiger partial charge >= 0.3 is 0 Å². The summed E-state index contributed by atoms with van der Waals surface area (Å²) < 4.78 is 5.80. The molecule has 0 saturated heterocycles. The number of nitrogens with zero attached hydrogens (tertiary/aromatic N) is 1. The van der Waals surface area contributed by atoms with Crippen molar-refractivity contribution < 1.29 is 9.21 Å². The number of pyridine rings is 1. The maximum Gasteiger partial charge on any atom is 0.260 e. The number of nitrogens with one attached hydrogen (secondary N) is 1. The maximum absolute atomic E-state index is 12.4. The highest BCUT2D eigenvalue weighted by atomic mass is 16.3. The van der Waals surface area contributed by atoms with Crippen molar-refractivity contribution in [2.24, 2.45) is 5.92 Å². The molecule has 1 amide bonds. The molecule has 0 radical (unpaired) electrons. The molecule has 116 valence electrons. The molecular formula is C17H20N2O3. The number of hydrogen-bond donors (Lipinski definition) is 1. The highest BCUT2D eigenvalue weighted by molar-refractivity contribution is 5.93. The summed E-state index contributed by atoms with van der Waals surface area (Å²) in [4.78, 5) is 28.3. The quantitative estimate of drug-likeness (QED) is 0.944. The van der Waals surface area contributed by atoms with Gasteiger partial charge in [0.2, 0.25) is 0 Å². The van der Waals surface area contributed by atoms with Gasteiger partial charge in [0.1, 0.15) is 17.1 Å². The highest BCUT2D eigenvalue weighted by Crippen LogP contribution is 2.47. The van der Waals surface area contributed by atoms with E-state index in [1.807, 2.05) is 12.1 Å². The number of hydrogen-bond acceptors (Lipinski definition) is 3. The molecule has 22 heavy (non-hydrogen) atoms. The Morgan fingerprint density at radius 2 is 2.09 bits per heavy atom. The molecule has 1 fully saturated rings. The summed E-state index contributed by atoms with van der Waals surface area (Å²) in [6.45, 7) is 4.34. The molecule has 1 aliphatic carbocycles. The van der Waals surface area contributed by atoms with E-state index < -0.39 is 0 Å². The van der Waals surface area contributed by atoms with Crippen LogP contribution in [0.1, 0.15) is 46.8 Å². The van der Waals surface area contributed by atoms with Crippen molar-refractivity contribution in [1.29, 1.82) is 0 Å². The SMILES string of the molecule is Cc1ccc(C(=O)N(C)Cc2ccc(C3CC3C)o2)c(=O)[nH]1. The van der Waals surface area contributed by atoms with Crippen LogP contribution in [0.25, 0.3) is 0 Å². The predicted octanol–water partition coefficient (Wildman–Crippen LogP) is 2.67. The normalized spacial score (nSPS) is 20.0. The lowest BCUT2D eigenvalue weighted by Crippen LogP contribution is -2.31. The first-order chi connectivity index (χ1) is 10.5. The third kappa shape index (κ3) is 2.84. The number of carbonyl (C=O) groups is 1. The van der Waals surface area contributed by atoms with Gasteiger partial charge < -0.3 is 14.3 Å². The van der Waals surface area contributed by atoms with Crippen molar-refractivity contribution in [3.8, 4) is 0 Å². The van der Waals surface area contributed by atoms with Crippen LogP contribution in [0.3, 0.4) is 0 Å². The molecule has 2 aromatic rings. The van der Waals surface area contributed by atoms with Crippen LogP contribution in [0.5, 0.6) is 0 Å². The zero-order valence-electron chi connectivity index (χ0n) is 13.1. The Morgan fingerprint density at radius 1 is 1.36 bits per heavy atom. The molecule has 0 bridgehead atoms. The fourth-order valence-electron chi connectivity index (χ4n) is 2.65. The minimum atomic E-state index is -0.358. The molecular weight excluding hydrogens is 280 g/mol. The number of rotatable bonds is 4. The first kappa shape index (κ1) is 14.6. The smallest absolute Gasteiger partial charge is 0.260 e. The molecule has 5 heteroatoms. The van der Waals surface area contributed by atoms with E-state index in [1.54, 1.807) is 26.1 Å². The second kappa shape index (κ2) is 5.48. The second-order valence-electron chi connectivity index (χ2n) is 6.17. The van der Waals surface area contributed by atoms with Crippen molar-refractivity contribution in [3.63, 3.8) is 0 Å². The van der Waals surface area contributed by atoms with E-state index in [0.717, 1.165) is 17.2 Å². The average molecular weight is 300 g/mol. The molecule has 5 nitrogen and oxygen atoms in total. The number of H-pyrrole nitrogens is 1. The van der Waals surface area contributed by atoms with Crippen molar-refractivity contribution >= 4 is 5.91 Å². The molecule has 1 aliphatic rings. The summed E-state index contributed by atoms with van der Waals surface area (Å²) in [6.07, 6.45) is 1.17. The summed E-state index contributed by atoms with van der Waals surface area (Å²) in [5.74, 6) is 2.64. The standard InChI is InChI=1S/C17H20N2O3/c1-10-8-14(10)15-7-5-12(22-15)9-19(3)17(21)13-6-4-11(2)18-16(13)20/h4-7,10,14H,8-9H2,1-3H3,(H,18,20). The van der Waals surface area contributed by atoms with Crippen molar-refractivity contribution in [3.05, 3.63) is 57.4 Å². The summed E-state index contributed by atoms with van der Waals surface area (Å²) in [5, 5.41) is 0. The van der Waals surface area contributed by atoms with E-state index in [4.69, 9.17) is 4.42 Å². The van der Waals surface area contributed by atoms with E-state index >= 15 is 0 Å². The van der Waals surface area contributed by atoms with Crippen LogP contribution in [0, 0.1) is 12.8 Å². The van der Waals surface area contributed by atoms with Crippen LogP contribution < -0.4 is 5.56 Å². The van der Waals surface area contributed by atoms with Crippen LogP contribution >= 0.6 is 0 Å². The van der Waals surface area contributed by atoms with Gasteiger partial charge in [-0.1, -0.05) is 6.92 Å². The molecule has 2 heterocycles. The van der Waals surface area contributed by atoms with Gasteiger partial charge in [-0.3, -0.25) is 9.59 Å². The molecule has 1 saturated carbocycles. The number of aromatic nitrogens is 1. The maximum atomic E-state index is 12.4. The Kier molecular flexibility index (Phi) is 3.64. The zero-order valence-corrected chi connectivity index (χ0v) is 13.1. The molecule has 0 aromatic carbocycles. The third-order valence-electron chi connectivity index (χ3n) is 4.18. The predicted molar refractivity (Wildman–Crippen MR) is 82.8 cm³/mol. The van der Waals surface area contributed by atoms with Gasteiger partial charge in [0.05, 0.1) is 6.54 Å². The van der Waals surface area contributed by atoms with E-state index in [2.05, 4.69) is 11.9 Å². The number of aromatic amines is 1. The molecule has 2 atom stereocenters. The minimum Gasteiger partial charge on any atom is -0.464 e. The first-order valence-corrected chi connectivity index (χ1v) is 7.49. The Hall–Kier alpha value is -2.30. The largest absolute Gasteiger partial charge is 0.464 e. The van der Waals surface area contributed by atoms with Crippen LogP contribution in [-0.4, -0.2) is 22.8 Å². The molecule has 3 rings (SSSR count). The van der Waals surface area contributed by atoms with Crippen molar-refractivity contribution in [2.75, 3.05) is 7.05 Å². The molecule has 0 aliphatic heterocycles. The van der Waals surface area contributed by atoms with Crippen LogP contribution in [0.4, 0.5) is 0 Å². The summed E-state index contributed by atoms with van der Waals surface area (Å²) in [6, 6.07) is 7.18. The first-order valence-electron chi connectivity index (χ1n) is 7.49. The topological polar surface area (TPSA) is 66.3 Å². The van der Waals surface area contributed by atoms with E-state index in [9.17, 15) is 9.59 Å². The van der Waals surface area contributed by atoms with Crippen LogP contribution in [0.15, 0.2) is 33.5 Å². The Morgan fingerprint density at radius 3 is 2.73 bits per heavy atom. The monoisotopic (exact) mass is 300 g/mol. The fourth-order valence-corrected chi connectivity index (χ4v) is 2.65. The van der Waals surface area contributed by atoms with Gasteiger partial charge in [-0.2, -0.15) is 0 Å². The van der Waals surface area contributed by atoms with Crippen LogP contribution in [-0.2, 0) is 6.54 Å². The van der Waals surface area contributed by atoms with Gasteiger partial charge in [0, 0.05) is 18.7 Å². The van der Waals surface area contributed by atoms with E-state index in [0.29, 0.717) is 18.4 Å². The van der Waals surface area contributed by atoms with Crippen molar-refractivity contribution in [2.45, 2.75) is 32.7 Å². The molecule has 2 unspecified atom stereocenters. The Labute approximate surface area is 128 Å². The van der Waals surface area contributed by atoms with Gasteiger partial charge in [-0.05, 0) is 43.5 Å². The number of carbonyl (C=O) groups excluding carboxylic acids is 1. The summed E-state index contributed by atoms with van der Waals surface area (Å²) in [7, 11) is 1.67. The van der Waals surface area contributed by atoms with Crippen molar-refractivity contribution in [1.82, 2.24) is 9.88 Å².